The summed E-state index contributed by atoms with van der Waals surface area (Å²) in [4.78, 5) is 4.27. The summed E-state index contributed by atoms with van der Waals surface area (Å²) in [6, 6.07) is 0. The average molecular weight is 239 g/mol. The summed E-state index contributed by atoms with van der Waals surface area (Å²) in [6.45, 7) is 3.66. The van der Waals surface area contributed by atoms with E-state index < -0.39 is 0 Å². The second kappa shape index (κ2) is 6.12. The van der Waals surface area contributed by atoms with Crippen LogP contribution in [-0.4, -0.2) is 29.8 Å². The van der Waals surface area contributed by atoms with E-state index in [1.807, 2.05) is 7.05 Å². The van der Waals surface area contributed by atoms with Gasteiger partial charge >= 0.3 is 0 Å². The summed E-state index contributed by atoms with van der Waals surface area (Å²) in [7, 11) is 1.99. The molecular formula is C12H21N3O2. The molecule has 0 radical (unpaired) electrons. The Labute approximate surface area is 102 Å². The van der Waals surface area contributed by atoms with Crippen LogP contribution in [0.3, 0.4) is 0 Å². The Morgan fingerprint density at radius 2 is 2.29 bits per heavy atom. The van der Waals surface area contributed by atoms with Gasteiger partial charge in [0.25, 0.3) is 0 Å². The topological polar surface area (TPSA) is 60.2 Å². The molecule has 1 aromatic heterocycles. The van der Waals surface area contributed by atoms with Gasteiger partial charge in [0.1, 0.15) is 6.61 Å². The quantitative estimate of drug-likeness (QED) is 0.782. The van der Waals surface area contributed by atoms with Gasteiger partial charge in [0.2, 0.25) is 5.89 Å². The smallest absolute Gasteiger partial charge is 0.226 e. The molecule has 5 heteroatoms. The fourth-order valence-corrected chi connectivity index (χ4v) is 2.12. The van der Waals surface area contributed by atoms with Crippen molar-refractivity contribution in [2.45, 2.75) is 45.3 Å². The second-order valence-corrected chi connectivity index (χ2v) is 4.68. The third-order valence-electron chi connectivity index (χ3n) is 3.11. The lowest BCUT2D eigenvalue weighted by Gasteiger charge is -2.34. The van der Waals surface area contributed by atoms with Crippen molar-refractivity contribution < 1.29 is 9.26 Å². The minimum absolute atomic E-state index is 0.376. The third kappa shape index (κ3) is 3.51. The lowest BCUT2D eigenvalue weighted by atomic mass is 9.82. The summed E-state index contributed by atoms with van der Waals surface area (Å²) in [6.07, 6.45) is 4.53. The minimum atomic E-state index is 0.376. The van der Waals surface area contributed by atoms with Gasteiger partial charge in [-0.3, -0.25) is 0 Å². The molecule has 0 amide bonds. The SMILES string of the molecule is CCCc1nc(COC2CC(CNC)C2)no1. The highest BCUT2D eigenvalue weighted by atomic mass is 16.5. The monoisotopic (exact) mass is 239 g/mol. The minimum Gasteiger partial charge on any atom is -0.370 e. The van der Waals surface area contributed by atoms with Crippen molar-refractivity contribution in [1.29, 1.82) is 0 Å². The zero-order chi connectivity index (χ0) is 12.1. The molecule has 0 unspecified atom stereocenters. The van der Waals surface area contributed by atoms with Gasteiger partial charge in [-0.1, -0.05) is 12.1 Å². The van der Waals surface area contributed by atoms with Crippen LogP contribution in [0.15, 0.2) is 4.52 Å². The second-order valence-electron chi connectivity index (χ2n) is 4.68. The number of nitrogens with one attached hydrogen (secondary N) is 1. The molecule has 1 N–H and O–H groups in total. The number of aryl methyl sites for hydroxylation is 1. The van der Waals surface area contributed by atoms with Crippen molar-refractivity contribution in [2.24, 2.45) is 5.92 Å². The first kappa shape index (κ1) is 12.5. The maximum absolute atomic E-state index is 5.72. The highest BCUT2D eigenvalue weighted by Crippen LogP contribution is 2.29. The Morgan fingerprint density at radius 1 is 1.47 bits per heavy atom. The van der Waals surface area contributed by atoms with Crippen molar-refractivity contribution >= 4 is 0 Å². The van der Waals surface area contributed by atoms with E-state index in [1.54, 1.807) is 0 Å². The number of nitrogens with zero attached hydrogens (tertiary/aromatic N) is 2. The Hall–Kier alpha value is -0.940. The molecule has 1 saturated carbocycles. The number of hydrogen-bond donors (Lipinski definition) is 1. The number of aromatic nitrogens is 2. The molecule has 1 fully saturated rings. The van der Waals surface area contributed by atoms with Crippen molar-refractivity contribution in [2.75, 3.05) is 13.6 Å². The molecule has 0 spiro atoms. The van der Waals surface area contributed by atoms with Crippen LogP contribution in [0.4, 0.5) is 0 Å². The highest BCUT2D eigenvalue weighted by Gasteiger charge is 2.29. The molecule has 1 aliphatic rings. The van der Waals surface area contributed by atoms with Crippen molar-refractivity contribution in [1.82, 2.24) is 15.5 Å². The van der Waals surface area contributed by atoms with Crippen LogP contribution in [0.1, 0.15) is 37.9 Å². The normalized spacial score (nSPS) is 23.6. The van der Waals surface area contributed by atoms with Crippen LogP contribution < -0.4 is 5.32 Å². The first-order valence-corrected chi connectivity index (χ1v) is 6.39. The van der Waals surface area contributed by atoms with E-state index in [4.69, 9.17) is 9.26 Å². The molecule has 1 aliphatic carbocycles. The maximum atomic E-state index is 5.72. The predicted octanol–water partition coefficient (Wildman–Crippen LogP) is 1.54. The molecule has 0 aliphatic heterocycles. The Bertz CT molecular complexity index is 334. The standard InChI is InChI=1S/C12H21N3O2/c1-3-4-12-14-11(15-17-12)8-16-10-5-9(6-10)7-13-2/h9-10,13H,3-8H2,1-2H3. The van der Waals surface area contributed by atoms with E-state index in [-0.39, 0.29) is 0 Å². The molecule has 0 atom stereocenters. The third-order valence-corrected chi connectivity index (χ3v) is 3.11. The van der Waals surface area contributed by atoms with Crippen molar-refractivity contribution in [3.8, 4) is 0 Å². The van der Waals surface area contributed by atoms with E-state index in [0.29, 0.717) is 24.4 Å². The van der Waals surface area contributed by atoms with Crippen molar-refractivity contribution in [3.63, 3.8) is 0 Å². The predicted molar refractivity (Wildman–Crippen MR) is 63.5 cm³/mol. The van der Waals surface area contributed by atoms with Crippen molar-refractivity contribution in [3.05, 3.63) is 11.7 Å². The molecule has 0 saturated heterocycles. The summed E-state index contributed by atoms with van der Waals surface area (Å²) in [5, 5.41) is 7.08. The van der Waals surface area contributed by atoms with Gasteiger partial charge < -0.3 is 14.6 Å². The van der Waals surface area contributed by atoms with Crippen LogP contribution in [0.25, 0.3) is 0 Å². The summed E-state index contributed by atoms with van der Waals surface area (Å²) in [5.41, 5.74) is 0. The molecule has 5 nitrogen and oxygen atoms in total. The van der Waals surface area contributed by atoms with E-state index in [0.717, 1.165) is 38.1 Å². The molecular weight excluding hydrogens is 218 g/mol. The number of hydrogen-bond acceptors (Lipinski definition) is 5. The zero-order valence-electron chi connectivity index (χ0n) is 10.6. The van der Waals surface area contributed by atoms with Gasteiger partial charge in [0.05, 0.1) is 6.10 Å². The first-order chi connectivity index (χ1) is 8.31. The van der Waals surface area contributed by atoms with Gasteiger partial charge in [-0.25, -0.2) is 0 Å². The molecule has 96 valence electrons. The van der Waals surface area contributed by atoms with Gasteiger partial charge in [-0.15, -0.1) is 0 Å². The van der Waals surface area contributed by atoms with Crippen LogP contribution >= 0.6 is 0 Å². The van der Waals surface area contributed by atoms with E-state index in [1.165, 1.54) is 0 Å². The van der Waals surface area contributed by atoms with E-state index in [2.05, 4.69) is 22.4 Å². The molecule has 2 rings (SSSR count). The fraction of sp³-hybridized carbons (Fsp3) is 0.833. The van der Waals surface area contributed by atoms with Gasteiger partial charge in [-0.2, -0.15) is 4.98 Å². The maximum Gasteiger partial charge on any atom is 0.226 e. The zero-order valence-corrected chi connectivity index (χ0v) is 10.6. The number of ether oxygens (including phenoxy) is 1. The van der Waals surface area contributed by atoms with Gasteiger partial charge in [0.15, 0.2) is 5.82 Å². The summed E-state index contributed by atoms with van der Waals surface area (Å²) < 4.78 is 10.8. The van der Waals surface area contributed by atoms with Crippen LogP contribution in [0.2, 0.25) is 0 Å². The largest absolute Gasteiger partial charge is 0.370 e. The Morgan fingerprint density at radius 3 is 3.00 bits per heavy atom. The summed E-state index contributed by atoms with van der Waals surface area (Å²) >= 11 is 0. The first-order valence-electron chi connectivity index (χ1n) is 6.39. The molecule has 0 aromatic carbocycles. The number of rotatable bonds is 7. The molecule has 17 heavy (non-hydrogen) atoms. The van der Waals surface area contributed by atoms with Gasteiger partial charge in [0, 0.05) is 6.42 Å². The Kier molecular flexibility index (Phi) is 4.50. The molecule has 1 heterocycles. The van der Waals surface area contributed by atoms with Crippen LogP contribution in [0, 0.1) is 5.92 Å². The Balaban J connectivity index is 1.65. The molecule has 1 aromatic rings. The fourth-order valence-electron chi connectivity index (χ4n) is 2.12. The molecule has 0 bridgehead atoms. The summed E-state index contributed by atoms with van der Waals surface area (Å²) in [5.74, 6) is 2.16. The highest BCUT2D eigenvalue weighted by molar-refractivity contribution is 4.86. The van der Waals surface area contributed by atoms with Gasteiger partial charge in [-0.05, 0) is 38.8 Å². The average Bonchev–Trinajstić information content (AvgIpc) is 2.70. The van der Waals surface area contributed by atoms with E-state index in [9.17, 15) is 0 Å². The van der Waals surface area contributed by atoms with E-state index >= 15 is 0 Å². The lowest BCUT2D eigenvalue weighted by molar-refractivity contribution is -0.0419. The van der Waals surface area contributed by atoms with Crippen LogP contribution in [-0.2, 0) is 17.8 Å². The van der Waals surface area contributed by atoms with Crippen LogP contribution in [0.5, 0.6) is 0 Å². The lowest BCUT2D eigenvalue weighted by Crippen LogP contribution is -2.36.